The van der Waals surface area contributed by atoms with Crippen molar-refractivity contribution in [2.75, 3.05) is 10.2 Å². The van der Waals surface area contributed by atoms with E-state index in [0.717, 1.165) is 26.9 Å². The zero-order valence-corrected chi connectivity index (χ0v) is 22.0. The topological polar surface area (TPSA) is 89.5 Å². The third-order valence-corrected chi connectivity index (χ3v) is 7.51. The number of benzene rings is 3. The van der Waals surface area contributed by atoms with E-state index in [1.807, 2.05) is 79.7 Å². The Morgan fingerprint density at radius 2 is 1.73 bits per heavy atom. The summed E-state index contributed by atoms with van der Waals surface area (Å²) in [6.07, 6.45) is 0.304. The highest BCUT2D eigenvalue weighted by atomic mass is 79.9. The fourth-order valence-corrected chi connectivity index (χ4v) is 5.67. The molecule has 1 heterocycles. The van der Waals surface area contributed by atoms with Crippen LogP contribution < -0.4 is 15.3 Å². The molecule has 2 atom stereocenters. The molecule has 7 heteroatoms. The predicted molar refractivity (Wildman–Crippen MR) is 144 cm³/mol. The lowest BCUT2D eigenvalue weighted by molar-refractivity contribution is -0.305. The van der Waals surface area contributed by atoms with Crippen LogP contribution >= 0.6 is 15.9 Å². The van der Waals surface area contributed by atoms with Gasteiger partial charge in [-0.25, -0.2) is 0 Å². The standard InChI is InChI=1S/C30H27BrN2O4/c1-18-9-11-19(12-10-18)30-29-24(16-21(17-26(29)34)20-5-4-6-22(31)15-20)32-23-7-2-3-8-25(23)33(30)27(35)13-14-28(36)37/h2-12,15,21,30,32H,13-14,16-17H2,1H3,(H,36,37)/p-1. The Kier molecular flexibility index (Phi) is 6.98. The number of nitrogens with one attached hydrogen (secondary N) is 1. The van der Waals surface area contributed by atoms with Crippen LogP contribution in [0.15, 0.2) is 88.5 Å². The summed E-state index contributed by atoms with van der Waals surface area (Å²) < 4.78 is 0.957. The van der Waals surface area contributed by atoms with Crippen molar-refractivity contribution in [3.8, 4) is 0 Å². The van der Waals surface area contributed by atoms with Gasteiger partial charge in [0.1, 0.15) is 0 Å². The van der Waals surface area contributed by atoms with E-state index in [-0.39, 0.29) is 24.0 Å². The molecule has 0 saturated heterocycles. The Hall–Kier alpha value is -3.71. The molecule has 0 fully saturated rings. The third-order valence-electron chi connectivity index (χ3n) is 7.01. The number of fused-ring (bicyclic) bond motifs is 1. The number of carboxylic acid groups (broad SMARTS) is 1. The highest BCUT2D eigenvalue weighted by Gasteiger charge is 2.41. The summed E-state index contributed by atoms with van der Waals surface area (Å²) in [5, 5.41) is 14.7. The first-order chi connectivity index (χ1) is 17.8. The fraction of sp³-hybridized carbons (Fsp3) is 0.233. The van der Waals surface area contributed by atoms with Crippen LogP contribution in [-0.2, 0) is 14.4 Å². The van der Waals surface area contributed by atoms with Crippen LogP contribution in [0.3, 0.4) is 0 Å². The normalized spacial score (nSPS) is 19.0. The number of nitrogens with zero attached hydrogens (tertiary/aromatic N) is 1. The average Bonchev–Trinajstić information content (AvgIpc) is 3.02. The lowest BCUT2D eigenvalue weighted by Crippen LogP contribution is -2.39. The Bertz CT molecular complexity index is 1410. The number of ketones is 1. The molecule has 5 rings (SSSR count). The van der Waals surface area contributed by atoms with Crippen LogP contribution in [0.5, 0.6) is 0 Å². The first kappa shape index (κ1) is 25.0. The number of carbonyl (C=O) groups excluding carboxylic acids is 3. The van der Waals surface area contributed by atoms with Gasteiger partial charge in [0.05, 0.1) is 17.4 Å². The van der Waals surface area contributed by atoms with Crippen molar-refractivity contribution in [2.24, 2.45) is 0 Å². The number of allylic oxidation sites excluding steroid dienone is 1. The van der Waals surface area contributed by atoms with Crippen molar-refractivity contribution in [1.82, 2.24) is 0 Å². The molecular formula is C30H26BrN2O4-. The van der Waals surface area contributed by atoms with Crippen molar-refractivity contribution in [1.29, 1.82) is 0 Å². The van der Waals surface area contributed by atoms with Gasteiger partial charge < -0.3 is 15.2 Å². The van der Waals surface area contributed by atoms with Gasteiger partial charge in [0, 0.05) is 34.6 Å². The smallest absolute Gasteiger partial charge is 0.228 e. The first-order valence-electron chi connectivity index (χ1n) is 12.3. The van der Waals surface area contributed by atoms with Gasteiger partial charge in [-0.1, -0.05) is 70.0 Å². The van der Waals surface area contributed by atoms with Gasteiger partial charge in [0.2, 0.25) is 5.91 Å². The number of anilines is 2. The highest BCUT2D eigenvalue weighted by Crippen LogP contribution is 2.47. The number of halogens is 1. The van der Waals surface area contributed by atoms with Gasteiger partial charge in [-0.2, -0.15) is 0 Å². The maximum Gasteiger partial charge on any atom is 0.228 e. The molecule has 3 aromatic carbocycles. The molecule has 6 nitrogen and oxygen atoms in total. The second-order valence-corrected chi connectivity index (χ2v) is 10.5. The molecule has 37 heavy (non-hydrogen) atoms. The van der Waals surface area contributed by atoms with Gasteiger partial charge in [0.25, 0.3) is 0 Å². The first-order valence-corrected chi connectivity index (χ1v) is 13.1. The number of aliphatic carboxylic acids is 1. The Balaban J connectivity index is 1.68. The molecule has 188 valence electrons. The molecule has 0 bridgehead atoms. The number of Topliss-reactive ketones (excluding diaryl/α,β-unsaturated/α-hetero) is 1. The maximum atomic E-state index is 13.9. The minimum Gasteiger partial charge on any atom is -0.550 e. The minimum absolute atomic E-state index is 0.0117. The Morgan fingerprint density at radius 1 is 0.973 bits per heavy atom. The summed E-state index contributed by atoms with van der Waals surface area (Å²) in [5.41, 5.74) is 5.58. The molecule has 3 aromatic rings. The second-order valence-electron chi connectivity index (χ2n) is 9.57. The quantitative estimate of drug-likeness (QED) is 0.466. The van der Waals surface area contributed by atoms with Gasteiger partial charge in [-0.3, -0.25) is 14.5 Å². The number of carboxylic acids is 1. The van der Waals surface area contributed by atoms with Crippen molar-refractivity contribution >= 4 is 45.0 Å². The van der Waals surface area contributed by atoms with Crippen LogP contribution in [0.4, 0.5) is 11.4 Å². The molecule has 1 amide bonds. The van der Waals surface area contributed by atoms with E-state index in [4.69, 9.17) is 0 Å². The van der Waals surface area contributed by atoms with Crippen LogP contribution in [0, 0.1) is 6.92 Å². The van der Waals surface area contributed by atoms with Crippen LogP contribution in [0.2, 0.25) is 0 Å². The third kappa shape index (κ3) is 5.09. The summed E-state index contributed by atoms with van der Waals surface area (Å²) in [4.78, 5) is 40.4. The van der Waals surface area contributed by atoms with E-state index in [1.165, 1.54) is 0 Å². The zero-order valence-electron chi connectivity index (χ0n) is 20.4. The Morgan fingerprint density at radius 3 is 2.46 bits per heavy atom. The summed E-state index contributed by atoms with van der Waals surface area (Å²) in [7, 11) is 0. The van der Waals surface area contributed by atoms with Gasteiger partial charge >= 0.3 is 0 Å². The van der Waals surface area contributed by atoms with E-state index in [2.05, 4.69) is 21.2 Å². The second kappa shape index (κ2) is 10.3. The summed E-state index contributed by atoms with van der Waals surface area (Å²) in [6, 6.07) is 22.5. The van der Waals surface area contributed by atoms with Crippen LogP contribution in [-0.4, -0.2) is 17.7 Å². The summed E-state index contributed by atoms with van der Waals surface area (Å²) in [5.74, 6) is -1.70. The molecule has 0 radical (unpaired) electrons. The zero-order chi connectivity index (χ0) is 26.1. The molecule has 2 aliphatic rings. The average molecular weight is 558 g/mol. The van der Waals surface area contributed by atoms with Crippen molar-refractivity contribution in [3.63, 3.8) is 0 Å². The lowest BCUT2D eigenvalue weighted by atomic mass is 9.78. The number of amides is 1. The fourth-order valence-electron chi connectivity index (χ4n) is 5.26. The van der Waals surface area contributed by atoms with E-state index in [0.29, 0.717) is 29.8 Å². The van der Waals surface area contributed by atoms with E-state index in [1.54, 1.807) is 4.90 Å². The molecule has 1 aliphatic heterocycles. The molecule has 1 aliphatic carbocycles. The highest BCUT2D eigenvalue weighted by molar-refractivity contribution is 9.10. The van der Waals surface area contributed by atoms with Crippen LogP contribution in [0.25, 0.3) is 0 Å². The number of rotatable bonds is 5. The molecule has 0 saturated carbocycles. The molecule has 2 unspecified atom stereocenters. The maximum absolute atomic E-state index is 13.9. The number of para-hydroxylation sites is 2. The van der Waals surface area contributed by atoms with Crippen LogP contribution in [0.1, 0.15) is 54.3 Å². The van der Waals surface area contributed by atoms with Gasteiger partial charge in [-0.05, 0) is 61.1 Å². The van der Waals surface area contributed by atoms with E-state index in [9.17, 15) is 19.5 Å². The van der Waals surface area contributed by atoms with Gasteiger partial charge in [-0.15, -0.1) is 0 Å². The number of hydrogen-bond acceptors (Lipinski definition) is 5. The largest absolute Gasteiger partial charge is 0.550 e. The Labute approximate surface area is 224 Å². The number of aryl methyl sites for hydroxylation is 1. The lowest BCUT2D eigenvalue weighted by Gasteiger charge is -2.35. The number of hydrogen-bond donors (Lipinski definition) is 1. The van der Waals surface area contributed by atoms with Crippen molar-refractivity contribution < 1.29 is 19.5 Å². The van der Waals surface area contributed by atoms with E-state index < -0.39 is 18.4 Å². The molecule has 0 spiro atoms. The van der Waals surface area contributed by atoms with Crippen molar-refractivity contribution in [2.45, 2.75) is 44.6 Å². The molecule has 0 aromatic heterocycles. The predicted octanol–water partition coefficient (Wildman–Crippen LogP) is 5.19. The van der Waals surface area contributed by atoms with Crippen molar-refractivity contribution in [3.05, 3.63) is 105 Å². The minimum atomic E-state index is -1.29. The SMILES string of the molecule is Cc1ccc(C2C3=C(CC(c4cccc(Br)c4)CC3=O)Nc3ccccc3N2C(=O)CCC(=O)[O-])cc1. The molecular weight excluding hydrogens is 532 g/mol. The van der Waals surface area contributed by atoms with E-state index >= 15 is 0 Å². The summed E-state index contributed by atoms with van der Waals surface area (Å²) in [6.45, 7) is 1.98. The number of carbonyl (C=O) groups is 3. The van der Waals surface area contributed by atoms with Gasteiger partial charge in [0.15, 0.2) is 5.78 Å². The monoisotopic (exact) mass is 557 g/mol. The molecule has 1 N–H and O–H groups in total. The summed E-state index contributed by atoms with van der Waals surface area (Å²) >= 11 is 3.54.